The van der Waals surface area contributed by atoms with Gasteiger partial charge in [-0.15, -0.1) is 11.3 Å². The second kappa shape index (κ2) is 7.35. The first-order valence-corrected chi connectivity index (χ1v) is 7.53. The van der Waals surface area contributed by atoms with Crippen LogP contribution in [0.4, 0.5) is 13.2 Å². The number of alkyl halides is 3. The molecule has 2 aromatic rings. The maximum atomic E-state index is 12.6. The van der Waals surface area contributed by atoms with Gasteiger partial charge in [0.1, 0.15) is 5.75 Å². The van der Waals surface area contributed by atoms with Crippen LogP contribution in [0.1, 0.15) is 20.1 Å². The number of amides is 2. The Morgan fingerprint density at radius 1 is 1.17 bits per heavy atom. The molecule has 9 heteroatoms. The van der Waals surface area contributed by atoms with Gasteiger partial charge in [-0.2, -0.15) is 13.2 Å². The van der Waals surface area contributed by atoms with Gasteiger partial charge >= 0.3 is 6.18 Å². The molecule has 0 saturated heterocycles. The van der Waals surface area contributed by atoms with Gasteiger partial charge in [-0.3, -0.25) is 20.4 Å². The third-order valence-electron chi connectivity index (χ3n) is 2.81. The van der Waals surface area contributed by atoms with Gasteiger partial charge < -0.3 is 4.74 Å². The molecule has 0 aliphatic heterocycles. The lowest BCUT2D eigenvalue weighted by Gasteiger charge is -2.10. The average molecular weight is 358 g/mol. The van der Waals surface area contributed by atoms with Crippen molar-refractivity contribution >= 4 is 23.2 Å². The van der Waals surface area contributed by atoms with Crippen LogP contribution < -0.4 is 15.6 Å². The predicted molar refractivity (Wildman–Crippen MR) is 81.6 cm³/mol. The number of benzene rings is 1. The highest BCUT2D eigenvalue weighted by Gasteiger charge is 2.30. The number of aryl methyl sites for hydroxylation is 1. The van der Waals surface area contributed by atoms with Crippen molar-refractivity contribution in [1.82, 2.24) is 10.9 Å². The fourth-order valence-electron chi connectivity index (χ4n) is 1.69. The number of nitrogens with one attached hydrogen (secondary N) is 2. The normalized spacial score (nSPS) is 11.0. The van der Waals surface area contributed by atoms with Crippen molar-refractivity contribution in [2.45, 2.75) is 13.1 Å². The zero-order valence-electron chi connectivity index (χ0n) is 12.4. The Labute approximate surface area is 139 Å². The number of carbonyl (C=O) groups excluding carboxylic acids is 2. The molecule has 1 aromatic carbocycles. The van der Waals surface area contributed by atoms with E-state index in [0.717, 1.165) is 17.0 Å². The van der Waals surface area contributed by atoms with Gasteiger partial charge in [0.15, 0.2) is 6.61 Å². The van der Waals surface area contributed by atoms with Crippen LogP contribution >= 0.6 is 11.3 Å². The zero-order valence-corrected chi connectivity index (χ0v) is 13.3. The molecule has 2 rings (SSSR count). The Hall–Kier alpha value is -2.55. The average Bonchev–Trinajstić information content (AvgIpc) is 2.96. The summed E-state index contributed by atoms with van der Waals surface area (Å²) in [6.07, 6.45) is -4.49. The number of rotatable bonds is 4. The summed E-state index contributed by atoms with van der Waals surface area (Å²) in [5.41, 5.74) is 3.45. The minimum atomic E-state index is -4.49. The quantitative estimate of drug-likeness (QED) is 0.826. The zero-order chi connectivity index (χ0) is 17.7. The lowest BCUT2D eigenvalue weighted by atomic mass is 10.2. The monoisotopic (exact) mass is 358 g/mol. The highest BCUT2D eigenvalue weighted by atomic mass is 32.1. The molecule has 24 heavy (non-hydrogen) atoms. The van der Waals surface area contributed by atoms with E-state index in [9.17, 15) is 22.8 Å². The van der Waals surface area contributed by atoms with Crippen LogP contribution in [0.3, 0.4) is 0 Å². The van der Waals surface area contributed by atoms with Gasteiger partial charge in [0.2, 0.25) is 0 Å². The fourth-order valence-corrected chi connectivity index (χ4v) is 2.45. The number of halogens is 3. The van der Waals surface area contributed by atoms with E-state index < -0.39 is 30.2 Å². The summed E-state index contributed by atoms with van der Waals surface area (Å²) < 4.78 is 42.7. The Morgan fingerprint density at radius 2 is 1.92 bits per heavy atom. The van der Waals surface area contributed by atoms with Gasteiger partial charge in [0.05, 0.1) is 10.4 Å². The molecule has 1 aromatic heterocycles. The largest absolute Gasteiger partial charge is 0.484 e. The van der Waals surface area contributed by atoms with E-state index in [4.69, 9.17) is 4.74 Å². The second-order valence-electron chi connectivity index (χ2n) is 4.73. The lowest BCUT2D eigenvalue weighted by Crippen LogP contribution is -2.43. The summed E-state index contributed by atoms with van der Waals surface area (Å²) in [5.74, 6) is -1.28. The lowest BCUT2D eigenvalue weighted by molar-refractivity contribution is -0.137. The molecule has 2 N–H and O–H groups in total. The van der Waals surface area contributed by atoms with E-state index in [2.05, 4.69) is 10.9 Å². The molecule has 0 unspecified atom stereocenters. The smallest absolute Gasteiger partial charge is 0.416 e. The molecule has 0 aliphatic carbocycles. The van der Waals surface area contributed by atoms with Crippen molar-refractivity contribution in [3.63, 3.8) is 0 Å². The van der Waals surface area contributed by atoms with Crippen LogP contribution in [0.2, 0.25) is 0 Å². The summed E-state index contributed by atoms with van der Waals surface area (Å²) >= 11 is 1.26. The molecule has 128 valence electrons. The number of carbonyl (C=O) groups is 2. The van der Waals surface area contributed by atoms with Gasteiger partial charge in [-0.25, -0.2) is 0 Å². The van der Waals surface area contributed by atoms with Crippen LogP contribution in [-0.2, 0) is 11.0 Å². The topological polar surface area (TPSA) is 67.4 Å². The number of hydrazine groups is 1. The summed E-state index contributed by atoms with van der Waals surface area (Å²) in [4.78, 5) is 24.6. The van der Waals surface area contributed by atoms with E-state index in [1.165, 1.54) is 23.5 Å². The van der Waals surface area contributed by atoms with E-state index in [1.54, 1.807) is 12.1 Å². The molecule has 0 radical (unpaired) electrons. The molecule has 0 fully saturated rings. The first-order chi connectivity index (χ1) is 11.3. The van der Waals surface area contributed by atoms with Crippen molar-refractivity contribution in [2.24, 2.45) is 0 Å². The Balaban J connectivity index is 1.82. The second-order valence-corrected chi connectivity index (χ2v) is 6.01. The fraction of sp³-hybridized carbons (Fsp3) is 0.200. The molecule has 2 amide bonds. The number of thiophene rings is 1. The molecule has 0 bridgehead atoms. The van der Waals surface area contributed by atoms with Crippen LogP contribution in [0.5, 0.6) is 5.75 Å². The maximum absolute atomic E-state index is 12.6. The molecule has 0 spiro atoms. The van der Waals surface area contributed by atoms with E-state index in [-0.39, 0.29) is 5.75 Å². The van der Waals surface area contributed by atoms with E-state index >= 15 is 0 Å². The van der Waals surface area contributed by atoms with Crippen molar-refractivity contribution in [2.75, 3.05) is 6.61 Å². The molecule has 0 aliphatic rings. The molecule has 0 saturated carbocycles. The van der Waals surface area contributed by atoms with Crippen LogP contribution in [0, 0.1) is 6.92 Å². The van der Waals surface area contributed by atoms with Crippen LogP contribution in [0.15, 0.2) is 36.4 Å². The number of hydrogen-bond acceptors (Lipinski definition) is 4. The van der Waals surface area contributed by atoms with Crippen molar-refractivity contribution < 1.29 is 27.5 Å². The Bertz CT molecular complexity index is 744. The number of ether oxygens (including phenoxy) is 1. The minimum Gasteiger partial charge on any atom is -0.484 e. The van der Waals surface area contributed by atoms with Crippen molar-refractivity contribution in [3.05, 3.63) is 51.7 Å². The highest BCUT2D eigenvalue weighted by molar-refractivity contribution is 7.13. The maximum Gasteiger partial charge on any atom is 0.416 e. The molecule has 0 atom stereocenters. The Morgan fingerprint density at radius 3 is 2.54 bits per heavy atom. The van der Waals surface area contributed by atoms with E-state index in [0.29, 0.717) is 4.88 Å². The van der Waals surface area contributed by atoms with Crippen LogP contribution in [-0.4, -0.2) is 18.4 Å². The van der Waals surface area contributed by atoms with Gasteiger partial charge in [0, 0.05) is 4.88 Å². The predicted octanol–water partition coefficient (Wildman–Crippen LogP) is 2.92. The minimum absolute atomic E-state index is 0.0971. The molecular formula is C15H13F3N2O3S. The molecule has 1 heterocycles. The SMILES string of the molecule is Cc1ccc(C(=O)NNC(=O)COc2cccc(C(F)(F)F)c2)s1. The standard InChI is InChI=1S/C15H13F3N2O3S/c1-9-5-6-12(24-9)14(22)20-19-13(21)8-23-11-4-2-3-10(7-11)15(16,17)18/h2-7H,8H2,1H3,(H,19,21)(H,20,22). The summed E-state index contributed by atoms with van der Waals surface area (Å²) in [5, 5.41) is 0. The van der Waals surface area contributed by atoms with Gasteiger partial charge in [0.25, 0.3) is 11.8 Å². The van der Waals surface area contributed by atoms with Gasteiger partial charge in [-0.05, 0) is 37.3 Å². The van der Waals surface area contributed by atoms with Crippen molar-refractivity contribution in [3.8, 4) is 5.75 Å². The molecule has 5 nitrogen and oxygen atoms in total. The summed E-state index contributed by atoms with van der Waals surface area (Å²) in [6, 6.07) is 7.54. The highest BCUT2D eigenvalue weighted by Crippen LogP contribution is 2.31. The number of hydrogen-bond donors (Lipinski definition) is 2. The Kier molecular flexibility index (Phi) is 5.45. The third kappa shape index (κ3) is 4.98. The van der Waals surface area contributed by atoms with E-state index in [1.807, 2.05) is 6.92 Å². The summed E-state index contributed by atoms with van der Waals surface area (Å²) in [7, 11) is 0. The summed E-state index contributed by atoms with van der Waals surface area (Å²) in [6.45, 7) is 1.30. The van der Waals surface area contributed by atoms with Crippen LogP contribution in [0.25, 0.3) is 0 Å². The van der Waals surface area contributed by atoms with Gasteiger partial charge in [-0.1, -0.05) is 6.07 Å². The first-order valence-electron chi connectivity index (χ1n) is 6.71. The molecular weight excluding hydrogens is 345 g/mol. The van der Waals surface area contributed by atoms with Crippen molar-refractivity contribution in [1.29, 1.82) is 0 Å². The first kappa shape index (κ1) is 17.8. The third-order valence-corrected chi connectivity index (χ3v) is 3.81.